The van der Waals surface area contributed by atoms with Crippen LogP contribution in [0.5, 0.6) is 0 Å². The molecule has 0 N–H and O–H groups in total. The van der Waals surface area contributed by atoms with Crippen LogP contribution in [0.2, 0.25) is 0 Å². The first-order valence-corrected chi connectivity index (χ1v) is 3.03. The lowest BCUT2D eigenvalue weighted by molar-refractivity contribution is -0.126. The first kappa shape index (κ1) is 8.21. The number of methoxy groups -OCH3 is 1. The summed E-state index contributed by atoms with van der Waals surface area (Å²) in [5, 5.41) is 0. The van der Waals surface area contributed by atoms with E-state index in [2.05, 4.69) is 16.9 Å². The molecule has 0 heterocycles. The van der Waals surface area contributed by atoms with E-state index in [1.165, 1.54) is 26.4 Å². The standard InChI is InChI=1S/C5H8.C2H4O2/c1-2-4-5-3-1;1-4-2-3/h1-2H,3-5H2;2H,1H3. The number of ether oxygens (including phenoxy) is 1. The van der Waals surface area contributed by atoms with E-state index in [1.807, 2.05) is 0 Å². The fourth-order valence-corrected chi connectivity index (χ4v) is 0.589. The van der Waals surface area contributed by atoms with Gasteiger partial charge in [-0.05, 0) is 19.3 Å². The largest absolute Gasteiger partial charge is 0.471 e. The average Bonchev–Trinajstić information content (AvgIpc) is 2.43. The molecule has 0 aromatic rings. The Hall–Kier alpha value is -0.790. The molecule has 52 valence electrons. The second kappa shape index (κ2) is 7.21. The monoisotopic (exact) mass is 128 g/mol. The maximum absolute atomic E-state index is 8.95. The highest BCUT2D eigenvalue weighted by Gasteiger charge is 1.84. The Kier molecular flexibility index (Phi) is 6.58. The zero-order chi connectivity index (χ0) is 6.95. The summed E-state index contributed by atoms with van der Waals surface area (Å²) in [6.07, 6.45) is 8.50. The highest BCUT2D eigenvalue weighted by atomic mass is 16.5. The molecule has 0 fully saturated rings. The molecule has 0 amide bonds. The lowest BCUT2D eigenvalue weighted by Gasteiger charge is -1.69. The quantitative estimate of drug-likeness (QED) is 0.395. The van der Waals surface area contributed by atoms with E-state index >= 15 is 0 Å². The van der Waals surface area contributed by atoms with Crippen LogP contribution in [0.15, 0.2) is 12.2 Å². The summed E-state index contributed by atoms with van der Waals surface area (Å²) in [4.78, 5) is 8.95. The van der Waals surface area contributed by atoms with Crippen LogP contribution in [0.1, 0.15) is 19.3 Å². The van der Waals surface area contributed by atoms with E-state index in [0.717, 1.165) is 0 Å². The summed E-state index contributed by atoms with van der Waals surface area (Å²) in [5.74, 6) is 0. The van der Waals surface area contributed by atoms with Gasteiger partial charge in [0.05, 0.1) is 7.11 Å². The smallest absolute Gasteiger partial charge is 0.292 e. The Balaban J connectivity index is 0.000000148. The molecule has 0 saturated heterocycles. The van der Waals surface area contributed by atoms with Gasteiger partial charge in [0.2, 0.25) is 0 Å². The van der Waals surface area contributed by atoms with Crippen LogP contribution in [0, 0.1) is 0 Å². The van der Waals surface area contributed by atoms with E-state index in [9.17, 15) is 0 Å². The lowest BCUT2D eigenvalue weighted by Crippen LogP contribution is -1.68. The number of rotatable bonds is 1. The molecular weight excluding hydrogens is 116 g/mol. The molecule has 1 aliphatic carbocycles. The minimum atomic E-state index is 0.375. The molecule has 0 atom stereocenters. The zero-order valence-electron chi connectivity index (χ0n) is 5.67. The van der Waals surface area contributed by atoms with Crippen molar-refractivity contribution in [2.45, 2.75) is 19.3 Å². The molecule has 0 radical (unpaired) electrons. The predicted octanol–water partition coefficient (Wildman–Crippen LogP) is 1.52. The van der Waals surface area contributed by atoms with E-state index in [1.54, 1.807) is 0 Å². The van der Waals surface area contributed by atoms with Crippen molar-refractivity contribution in [1.29, 1.82) is 0 Å². The predicted molar refractivity (Wildman–Crippen MR) is 36.1 cm³/mol. The molecule has 0 aromatic heterocycles. The number of carbonyl (C=O) groups is 1. The van der Waals surface area contributed by atoms with E-state index in [-0.39, 0.29) is 0 Å². The van der Waals surface area contributed by atoms with Gasteiger partial charge < -0.3 is 4.74 Å². The van der Waals surface area contributed by atoms with Gasteiger partial charge in [-0.25, -0.2) is 0 Å². The van der Waals surface area contributed by atoms with Crippen LogP contribution in [0.3, 0.4) is 0 Å². The molecule has 2 heteroatoms. The molecule has 2 nitrogen and oxygen atoms in total. The first-order chi connectivity index (χ1) is 4.41. The maximum Gasteiger partial charge on any atom is 0.292 e. The Morgan fingerprint density at radius 3 is 2.00 bits per heavy atom. The highest BCUT2D eigenvalue weighted by molar-refractivity contribution is 5.36. The summed E-state index contributed by atoms with van der Waals surface area (Å²) in [7, 11) is 1.31. The van der Waals surface area contributed by atoms with Crippen LogP contribution in [0.4, 0.5) is 0 Å². The second-order valence-electron chi connectivity index (χ2n) is 1.73. The Morgan fingerprint density at radius 1 is 1.44 bits per heavy atom. The van der Waals surface area contributed by atoms with Crippen molar-refractivity contribution in [2.24, 2.45) is 0 Å². The second-order valence-corrected chi connectivity index (χ2v) is 1.73. The Morgan fingerprint density at radius 2 is 1.89 bits per heavy atom. The number of hydrogen-bond donors (Lipinski definition) is 0. The van der Waals surface area contributed by atoms with E-state index in [4.69, 9.17) is 4.79 Å². The number of carbonyl (C=O) groups excluding carboxylic acids is 1. The maximum atomic E-state index is 8.95. The van der Waals surface area contributed by atoms with Crippen LogP contribution in [0.25, 0.3) is 0 Å². The third-order valence-electron chi connectivity index (χ3n) is 1.00. The van der Waals surface area contributed by atoms with Gasteiger partial charge in [-0.15, -0.1) is 0 Å². The summed E-state index contributed by atoms with van der Waals surface area (Å²) in [6.45, 7) is 0.375. The minimum absolute atomic E-state index is 0.375. The molecule has 1 aliphatic rings. The highest BCUT2D eigenvalue weighted by Crippen LogP contribution is 2.05. The van der Waals surface area contributed by atoms with Crippen LogP contribution in [-0.2, 0) is 9.53 Å². The summed E-state index contributed by atoms with van der Waals surface area (Å²) in [6, 6.07) is 0. The lowest BCUT2D eigenvalue weighted by atomic mass is 10.4. The van der Waals surface area contributed by atoms with Crippen molar-refractivity contribution in [3.05, 3.63) is 12.2 Å². The van der Waals surface area contributed by atoms with Crippen LogP contribution < -0.4 is 0 Å². The fraction of sp³-hybridized carbons (Fsp3) is 0.571. The molecule has 0 unspecified atom stereocenters. The first-order valence-electron chi connectivity index (χ1n) is 3.03. The van der Waals surface area contributed by atoms with Crippen molar-refractivity contribution < 1.29 is 9.53 Å². The average molecular weight is 128 g/mol. The minimum Gasteiger partial charge on any atom is -0.471 e. The van der Waals surface area contributed by atoms with Crippen molar-refractivity contribution in [3.8, 4) is 0 Å². The summed E-state index contributed by atoms with van der Waals surface area (Å²) >= 11 is 0. The van der Waals surface area contributed by atoms with E-state index in [0.29, 0.717) is 6.47 Å². The SMILES string of the molecule is C1=CCCC1.COC=O. The summed E-state index contributed by atoms with van der Waals surface area (Å²) < 4.78 is 3.86. The van der Waals surface area contributed by atoms with Gasteiger partial charge >= 0.3 is 0 Å². The van der Waals surface area contributed by atoms with Gasteiger partial charge in [-0.2, -0.15) is 0 Å². The molecule has 0 aromatic carbocycles. The van der Waals surface area contributed by atoms with Crippen LogP contribution in [-0.4, -0.2) is 13.6 Å². The van der Waals surface area contributed by atoms with Crippen molar-refractivity contribution in [1.82, 2.24) is 0 Å². The third kappa shape index (κ3) is 7.21. The number of allylic oxidation sites excluding steroid dienone is 2. The molecular formula is C7H12O2. The third-order valence-corrected chi connectivity index (χ3v) is 1.00. The fourth-order valence-electron chi connectivity index (χ4n) is 0.589. The van der Waals surface area contributed by atoms with Gasteiger partial charge in [-0.1, -0.05) is 12.2 Å². The zero-order valence-corrected chi connectivity index (χ0v) is 5.67. The topological polar surface area (TPSA) is 26.3 Å². The molecule has 9 heavy (non-hydrogen) atoms. The van der Waals surface area contributed by atoms with Crippen LogP contribution >= 0.6 is 0 Å². The molecule has 0 aliphatic heterocycles. The molecule has 1 rings (SSSR count). The molecule has 0 spiro atoms. The van der Waals surface area contributed by atoms with Gasteiger partial charge in [0.15, 0.2) is 0 Å². The Labute approximate surface area is 55.5 Å². The molecule has 0 saturated carbocycles. The normalized spacial score (nSPS) is 13.9. The van der Waals surface area contributed by atoms with E-state index < -0.39 is 0 Å². The Bertz CT molecular complexity index is 80.9. The van der Waals surface area contributed by atoms with Crippen molar-refractivity contribution >= 4 is 6.47 Å². The van der Waals surface area contributed by atoms with Gasteiger partial charge in [-0.3, -0.25) is 4.79 Å². The van der Waals surface area contributed by atoms with Gasteiger partial charge in [0.1, 0.15) is 0 Å². The van der Waals surface area contributed by atoms with Crippen molar-refractivity contribution in [2.75, 3.05) is 7.11 Å². The summed E-state index contributed by atoms with van der Waals surface area (Å²) in [5.41, 5.74) is 0. The van der Waals surface area contributed by atoms with Gasteiger partial charge in [0, 0.05) is 0 Å². The van der Waals surface area contributed by atoms with Crippen molar-refractivity contribution in [3.63, 3.8) is 0 Å². The number of hydrogen-bond acceptors (Lipinski definition) is 2. The van der Waals surface area contributed by atoms with Gasteiger partial charge in [0.25, 0.3) is 6.47 Å². The molecule has 0 bridgehead atoms.